The van der Waals surface area contributed by atoms with Crippen molar-refractivity contribution < 1.29 is 19.3 Å². The molecule has 1 aromatic rings. The van der Waals surface area contributed by atoms with E-state index in [2.05, 4.69) is 10.7 Å². The second kappa shape index (κ2) is 6.49. The molecular formula is C11H8N4O5S2. The van der Waals surface area contributed by atoms with Gasteiger partial charge in [0.2, 0.25) is 0 Å². The molecule has 0 unspecified atom stereocenters. The largest absolute Gasteiger partial charge is 0.328 e. The molecule has 2 rings (SSSR count). The lowest BCUT2D eigenvalue weighted by Gasteiger charge is -2.15. The highest BCUT2D eigenvalue weighted by molar-refractivity contribution is 8.23. The van der Waals surface area contributed by atoms with E-state index in [-0.39, 0.29) is 21.4 Å². The summed E-state index contributed by atoms with van der Waals surface area (Å²) in [5.41, 5.74) is 2.15. The van der Waals surface area contributed by atoms with Crippen LogP contribution in [0.25, 0.3) is 0 Å². The highest BCUT2D eigenvalue weighted by Crippen LogP contribution is 2.17. The first-order valence-electron chi connectivity index (χ1n) is 5.74. The molecule has 3 amide bonds. The summed E-state index contributed by atoms with van der Waals surface area (Å²) in [5.74, 6) is -2.42. The molecule has 2 N–H and O–H groups in total. The van der Waals surface area contributed by atoms with Crippen LogP contribution in [0, 0.1) is 10.1 Å². The summed E-state index contributed by atoms with van der Waals surface area (Å²) in [5, 5.41) is 13.6. The van der Waals surface area contributed by atoms with Crippen LogP contribution in [0.3, 0.4) is 0 Å². The smallest absolute Gasteiger partial charge is 0.318 e. The van der Waals surface area contributed by atoms with Crippen LogP contribution in [-0.4, -0.2) is 37.7 Å². The lowest BCUT2D eigenvalue weighted by Crippen LogP contribution is -2.49. The van der Waals surface area contributed by atoms with Gasteiger partial charge in [-0.1, -0.05) is 24.0 Å². The highest BCUT2D eigenvalue weighted by atomic mass is 32.2. The number of nitrogens with zero attached hydrogens (tertiary/aromatic N) is 2. The van der Waals surface area contributed by atoms with Gasteiger partial charge in [-0.05, 0) is 12.1 Å². The third-order valence-electron chi connectivity index (χ3n) is 2.51. The SMILES string of the molecule is O=C(Nc1ccc([N+](=O)[O-])cc1)C(=O)NN1C(=O)CSC1=S. The van der Waals surface area contributed by atoms with Crippen molar-refractivity contribution in [2.45, 2.75) is 0 Å². The number of thioether (sulfide) groups is 1. The Morgan fingerprint density at radius 2 is 1.91 bits per heavy atom. The zero-order valence-electron chi connectivity index (χ0n) is 10.8. The maximum Gasteiger partial charge on any atom is 0.328 e. The summed E-state index contributed by atoms with van der Waals surface area (Å²) in [6.45, 7) is 0. The Kier molecular flexibility index (Phi) is 4.68. The summed E-state index contributed by atoms with van der Waals surface area (Å²) in [7, 11) is 0. The van der Waals surface area contributed by atoms with Crippen LogP contribution < -0.4 is 10.7 Å². The van der Waals surface area contributed by atoms with E-state index >= 15 is 0 Å². The molecule has 1 aromatic carbocycles. The molecule has 114 valence electrons. The van der Waals surface area contributed by atoms with Gasteiger partial charge in [-0.3, -0.25) is 29.9 Å². The van der Waals surface area contributed by atoms with Crippen LogP contribution >= 0.6 is 24.0 Å². The summed E-state index contributed by atoms with van der Waals surface area (Å²) in [4.78, 5) is 44.7. The first kappa shape index (κ1) is 15.9. The third-order valence-corrected chi connectivity index (χ3v) is 3.86. The fourth-order valence-corrected chi connectivity index (χ4v) is 2.45. The van der Waals surface area contributed by atoms with E-state index in [9.17, 15) is 24.5 Å². The van der Waals surface area contributed by atoms with Crippen LogP contribution in [0.5, 0.6) is 0 Å². The van der Waals surface area contributed by atoms with Crippen molar-refractivity contribution in [1.82, 2.24) is 10.4 Å². The second-order valence-electron chi connectivity index (χ2n) is 3.98. The first-order chi connectivity index (χ1) is 10.4. The first-order valence-corrected chi connectivity index (χ1v) is 7.14. The third kappa shape index (κ3) is 3.56. The Labute approximate surface area is 133 Å². The van der Waals surface area contributed by atoms with Gasteiger partial charge in [-0.25, -0.2) is 5.01 Å². The minimum absolute atomic E-state index is 0.100. The molecule has 1 aliphatic heterocycles. The van der Waals surface area contributed by atoms with Crippen molar-refractivity contribution in [2.75, 3.05) is 11.1 Å². The van der Waals surface area contributed by atoms with Gasteiger partial charge in [0, 0.05) is 17.8 Å². The standard InChI is InChI=1S/C11H8N4O5S2/c16-8-5-22-11(21)14(8)13-10(18)9(17)12-6-1-3-7(4-2-6)15(19)20/h1-4H,5H2,(H,12,17)(H,13,18). The van der Waals surface area contributed by atoms with Gasteiger partial charge in [-0.2, -0.15) is 0 Å². The molecule has 0 saturated carbocycles. The molecule has 1 heterocycles. The number of rotatable bonds is 3. The Morgan fingerprint density at radius 1 is 1.27 bits per heavy atom. The zero-order chi connectivity index (χ0) is 16.3. The number of anilines is 1. The van der Waals surface area contributed by atoms with Crippen LogP contribution in [0.1, 0.15) is 0 Å². The topological polar surface area (TPSA) is 122 Å². The number of hydrazine groups is 1. The minimum atomic E-state index is -1.07. The predicted octanol–water partition coefficient (Wildman–Crippen LogP) is 0.425. The molecule has 1 saturated heterocycles. The maximum absolute atomic E-state index is 11.7. The maximum atomic E-state index is 11.7. The number of non-ortho nitro benzene ring substituents is 1. The van der Waals surface area contributed by atoms with Gasteiger partial charge >= 0.3 is 11.8 Å². The Morgan fingerprint density at radius 3 is 2.41 bits per heavy atom. The zero-order valence-corrected chi connectivity index (χ0v) is 12.4. The van der Waals surface area contributed by atoms with Crippen LogP contribution in [0.15, 0.2) is 24.3 Å². The van der Waals surface area contributed by atoms with Crippen molar-refractivity contribution in [3.05, 3.63) is 34.4 Å². The Hall–Kier alpha value is -2.53. The number of nitro benzene ring substituents is 1. The van der Waals surface area contributed by atoms with Crippen molar-refractivity contribution in [3.8, 4) is 0 Å². The van der Waals surface area contributed by atoms with Gasteiger partial charge in [-0.15, -0.1) is 0 Å². The average Bonchev–Trinajstić information content (AvgIpc) is 2.79. The molecule has 11 heteroatoms. The van der Waals surface area contributed by atoms with Crippen molar-refractivity contribution >= 4 is 57.4 Å². The van der Waals surface area contributed by atoms with Gasteiger partial charge in [0.15, 0.2) is 4.32 Å². The number of nitrogens with one attached hydrogen (secondary N) is 2. The number of thiocarbonyl (C=S) groups is 1. The molecule has 9 nitrogen and oxygen atoms in total. The number of amides is 3. The van der Waals surface area contributed by atoms with Gasteiger partial charge < -0.3 is 5.32 Å². The second-order valence-corrected chi connectivity index (χ2v) is 5.59. The molecule has 0 radical (unpaired) electrons. The van der Waals surface area contributed by atoms with Gasteiger partial charge in [0.05, 0.1) is 10.7 Å². The van der Waals surface area contributed by atoms with Crippen molar-refractivity contribution in [3.63, 3.8) is 0 Å². The number of hydrogen-bond acceptors (Lipinski definition) is 7. The number of hydrogen-bond donors (Lipinski definition) is 2. The summed E-state index contributed by atoms with van der Waals surface area (Å²) in [6, 6.07) is 4.93. The number of benzene rings is 1. The average molecular weight is 340 g/mol. The quantitative estimate of drug-likeness (QED) is 0.354. The molecule has 0 spiro atoms. The number of carbonyl (C=O) groups excluding carboxylic acids is 3. The molecule has 1 fully saturated rings. The van der Waals surface area contributed by atoms with Gasteiger partial charge in [0.1, 0.15) is 0 Å². The van der Waals surface area contributed by atoms with Gasteiger partial charge in [0.25, 0.3) is 11.6 Å². The monoisotopic (exact) mass is 340 g/mol. The molecular weight excluding hydrogens is 332 g/mol. The highest BCUT2D eigenvalue weighted by Gasteiger charge is 2.30. The fourth-order valence-electron chi connectivity index (χ4n) is 1.47. The lowest BCUT2D eigenvalue weighted by atomic mass is 10.3. The van der Waals surface area contributed by atoms with Crippen molar-refractivity contribution in [2.24, 2.45) is 0 Å². The molecule has 1 aliphatic rings. The van der Waals surface area contributed by atoms with E-state index in [1.165, 1.54) is 24.3 Å². The van der Waals surface area contributed by atoms with Crippen molar-refractivity contribution in [1.29, 1.82) is 0 Å². The van der Waals surface area contributed by atoms with E-state index in [1.807, 2.05) is 0 Å². The van der Waals surface area contributed by atoms with E-state index in [1.54, 1.807) is 0 Å². The van der Waals surface area contributed by atoms with Crippen LogP contribution in [0.2, 0.25) is 0 Å². The van der Waals surface area contributed by atoms with E-state index in [4.69, 9.17) is 12.2 Å². The lowest BCUT2D eigenvalue weighted by molar-refractivity contribution is -0.384. The molecule has 0 bridgehead atoms. The van der Waals surface area contributed by atoms with Crippen LogP contribution in [0.4, 0.5) is 11.4 Å². The Bertz CT molecular complexity index is 660. The van der Waals surface area contributed by atoms with E-state index in [0.717, 1.165) is 16.8 Å². The molecule has 0 aromatic heterocycles. The van der Waals surface area contributed by atoms with Crippen LogP contribution in [-0.2, 0) is 14.4 Å². The molecule has 0 atom stereocenters. The van der Waals surface area contributed by atoms with E-state index in [0.29, 0.717) is 0 Å². The predicted molar refractivity (Wildman–Crippen MR) is 81.8 cm³/mol. The molecule has 0 aliphatic carbocycles. The minimum Gasteiger partial charge on any atom is -0.318 e. The summed E-state index contributed by atoms with van der Waals surface area (Å²) < 4.78 is 0.154. The van der Waals surface area contributed by atoms with E-state index < -0.39 is 22.6 Å². The Balaban J connectivity index is 1.96. The number of nitro groups is 1. The normalized spacial score (nSPS) is 13.9. The number of carbonyl (C=O) groups is 3. The molecule has 22 heavy (non-hydrogen) atoms. The summed E-state index contributed by atoms with van der Waals surface area (Å²) >= 11 is 5.92. The fraction of sp³-hybridized carbons (Fsp3) is 0.0909. The summed E-state index contributed by atoms with van der Waals surface area (Å²) in [6.07, 6.45) is 0.